The number of hydrogen-bond acceptors (Lipinski definition) is 8. The Morgan fingerprint density at radius 3 is 2.39 bits per heavy atom. The molecule has 1 amide bonds. The second-order valence-electron chi connectivity index (χ2n) is 6.66. The van der Waals surface area contributed by atoms with Gasteiger partial charge in [-0.15, -0.1) is 10.2 Å². The van der Waals surface area contributed by atoms with Crippen LogP contribution in [0.2, 0.25) is 0 Å². The van der Waals surface area contributed by atoms with Crippen molar-refractivity contribution in [1.29, 1.82) is 0 Å². The minimum Gasteiger partial charge on any atom is -0.435 e. The summed E-state index contributed by atoms with van der Waals surface area (Å²) in [5.41, 5.74) is 1.38. The molecule has 2 aromatic carbocycles. The van der Waals surface area contributed by atoms with Crippen LogP contribution in [0.15, 0.2) is 58.6 Å². The van der Waals surface area contributed by atoms with E-state index in [-0.39, 0.29) is 22.3 Å². The van der Waals surface area contributed by atoms with Gasteiger partial charge in [-0.05, 0) is 48.4 Å². The molecule has 1 heterocycles. The summed E-state index contributed by atoms with van der Waals surface area (Å²) in [6.45, 7) is -2.57. The van der Waals surface area contributed by atoms with Crippen molar-refractivity contribution in [3.8, 4) is 17.1 Å². The number of carbonyl (C=O) groups excluding carboxylic acids is 1. The fourth-order valence-corrected chi connectivity index (χ4v) is 3.93. The number of nitrogens with zero attached hydrogens (tertiary/aromatic N) is 3. The minimum absolute atomic E-state index is 0.00321. The van der Waals surface area contributed by atoms with E-state index < -0.39 is 16.6 Å². The van der Waals surface area contributed by atoms with E-state index in [2.05, 4.69) is 20.3 Å². The predicted octanol–water partition coefficient (Wildman–Crippen LogP) is 1.36. The van der Waals surface area contributed by atoms with Crippen molar-refractivity contribution in [3.63, 3.8) is 0 Å². The monoisotopic (exact) mass is 498 g/mol. The molecule has 0 bridgehead atoms. The molecule has 0 saturated heterocycles. The Morgan fingerprint density at radius 2 is 1.79 bits per heavy atom. The molecule has 0 unspecified atom stereocenters. The molecular formula is C19H20F2N6O4S2. The van der Waals surface area contributed by atoms with E-state index in [1.807, 2.05) is 0 Å². The SMILES string of the molecule is Nn1c(SCC(=O)NCCc2ccc(S(N)(=O)=O)cc2)nnc1-c1ccc(OC(F)F)cc1. The van der Waals surface area contributed by atoms with Gasteiger partial charge in [-0.1, -0.05) is 23.9 Å². The summed E-state index contributed by atoms with van der Waals surface area (Å²) in [5, 5.41) is 16.0. The topological polar surface area (TPSA) is 155 Å². The van der Waals surface area contributed by atoms with Gasteiger partial charge in [-0.25, -0.2) is 18.2 Å². The Kier molecular flexibility index (Phi) is 7.84. The molecule has 5 N–H and O–H groups in total. The van der Waals surface area contributed by atoms with Crippen molar-refractivity contribution in [2.75, 3.05) is 18.1 Å². The number of ether oxygens (including phenoxy) is 1. The van der Waals surface area contributed by atoms with E-state index in [4.69, 9.17) is 11.0 Å². The Bertz CT molecular complexity index is 1200. The highest BCUT2D eigenvalue weighted by molar-refractivity contribution is 7.99. The summed E-state index contributed by atoms with van der Waals surface area (Å²) in [4.78, 5) is 12.1. The zero-order chi connectivity index (χ0) is 24.0. The standard InChI is InChI=1S/C19H20F2N6O4S2/c20-18(21)31-14-5-3-13(4-6-14)17-25-26-19(27(17)22)32-11-16(28)24-10-9-12-1-7-15(8-2-12)33(23,29)30/h1-8,18H,9-11,22H2,(H,24,28)(H2,23,29,30). The minimum atomic E-state index is -3.74. The molecule has 1 aromatic heterocycles. The molecule has 33 heavy (non-hydrogen) atoms. The van der Waals surface area contributed by atoms with Crippen LogP contribution in [0.3, 0.4) is 0 Å². The van der Waals surface area contributed by atoms with E-state index in [1.54, 1.807) is 12.1 Å². The largest absolute Gasteiger partial charge is 0.435 e. The third-order valence-electron chi connectivity index (χ3n) is 4.32. The molecule has 0 radical (unpaired) electrons. The van der Waals surface area contributed by atoms with Gasteiger partial charge in [0, 0.05) is 12.1 Å². The number of rotatable bonds is 10. The molecule has 14 heteroatoms. The average Bonchev–Trinajstić information content (AvgIpc) is 3.12. The van der Waals surface area contributed by atoms with Gasteiger partial charge in [-0.2, -0.15) is 8.78 Å². The average molecular weight is 499 g/mol. The van der Waals surface area contributed by atoms with Crippen molar-refractivity contribution in [2.45, 2.75) is 23.1 Å². The molecule has 0 aliphatic heterocycles. The zero-order valence-electron chi connectivity index (χ0n) is 17.0. The molecule has 0 atom stereocenters. The number of aromatic nitrogens is 3. The lowest BCUT2D eigenvalue weighted by atomic mass is 10.1. The van der Waals surface area contributed by atoms with Crippen molar-refractivity contribution >= 4 is 27.7 Å². The van der Waals surface area contributed by atoms with E-state index >= 15 is 0 Å². The number of amides is 1. The number of nitrogens with one attached hydrogen (secondary N) is 1. The highest BCUT2D eigenvalue weighted by atomic mass is 32.2. The normalized spacial score (nSPS) is 11.5. The number of thioether (sulfide) groups is 1. The second-order valence-corrected chi connectivity index (χ2v) is 9.16. The first kappa shape index (κ1) is 24.4. The summed E-state index contributed by atoms with van der Waals surface area (Å²) in [6.07, 6.45) is 0.504. The van der Waals surface area contributed by atoms with Crippen LogP contribution in [0.4, 0.5) is 8.78 Å². The lowest BCUT2D eigenvalue weighted by Crippen LogP contribution is -2.27. The Balaban J connectivity index is 1.48. The molecule has 3 aromatic rings. The van der Waals surface area contributed by atoms with Gasteiger partial charge in [0.2, 0.25) is 21.1 Å². The molecule has 3 rings (SSSR count). The van der Waals surface area contributed by atoms with Gasteiger partial charge < -0.3 is 15.9 Å². The van der Waals surface area contributed by atoms with Crippen LogP contribution in [0.5, 0.6) is 5.75 Å². The van der Waals surface area contributed by atoms with Crippen LogP contribution >= 0.6 is 11.8 Å². The lowest BCUT2D eigenvalue weighted by Gasteiger charge is -2.07. The van der Waals surface area contributed by atoms with Crippen molar-refractivity contribution in [3.05, 3.63) is 54.1 Å². The van der Waals surface area contributed by atoms with Crippen LogP contribution in [-0.2, 0) is 21.2 Å². The Labute approximate surface area is 192 Å². The number of carbonyl (C=O) groups is 1. The van der Waals surface area contributed by atoms with E-state index in [1.165, 1.54) is 41.1 Å². The lowest BCUT2D eigenvalue weighted by molar-refractivity contribution is -0.118. The third-order valence-corrected chi connectivity index (χ3v) is 6.19. The number of nitrogen functional groups attached to an aromatic ring is 1. The van der Waals surface area contributed by atoms with E-state index in [0.29, 0.717) is 29.5 Å². The quantitative estimate of drug-likeness (QED) is 0.280. The summed E-state index contributed by atoms with van der Waals surface area (Å²) >= 11 is 1.08. The second kappa shape index (κ2) is 10.6. The summed E-state index contributed by atoms with van der Waals surface area (Å²) in [6, 6.07) is 11.8. The van der Waals surface area contributed by atoms with Crippen LogP contribution < -0.4 is 21.0 Å². The first-order valence-corrected chi connectivity index (χ1v) is 11.9. The summed E-state index contributed by atoms with van der Waals surface area (Å²) in [5.74, 6) is 6.09. The predicted molar refractivity (Wildman–Crippen MR) is 117 cm³/mol. The van der Waals surface area contributed by atoms with Crippen LogP contribution in [0.1, 0.15) is 5.56 Å². The maximum Gasteiger partial charge on any atom is 0.387 e. The maximum atomic E-state index is 12.3. The van der Waals surface area contributed by atoms with Gasteiger partial charge in [0.25, 0.3) is 0 Å². The number of sulfonamides is 1. The van der Waals surface area contributed by atoms with Crippen LogP contribution in [0, 0.1) is 0 Å². The number of halogens is 2. The maximum absolute atomic E-state index is 12.3. The highest BCUT2D eigenvalue weighted by Gasteiger charge is 2.14. The smallest absolute Gasteiger partial charge is 0.387 e. The molecule has 0 aliphatic rings. The fourth-order valence-electron chi connectivity index (χ4n) is 2.73. The fraction of sp³-hybridized carbons (Fsp3) is 0.211. The molecule has 0 spiro atoms. The molecular weight excluding hydrogens is 478 g/mol. The number of hydrogen-bond donors (Lipinski definition) is 3. The van der Waals surface area contributed by atoms with E-state index in [9.17, 15) is 22.0 Å². The van der Waals surface area contributed by atoms with Crippen LogP contribution in [0.25, 0.3) is 11.4 Å². The highest BCUT2D eigenvalue weighted by Crippen LogP contribution is 2.24. The zero-order valence-corrected chi connectivity index (χ0v) is 18.7. The number of alkyl halides is 2. The van der Waals surface area contributed by atoms with E-state index in [0.717, 1.165) is 17.3 Å². The number of nitrogens with two attached hydrogens (primary N) is 2. The summed E-state index contributed by atoms with van der Waals surface area (Å²) < 4.78 is 52.5. The molecule has 10 nitrogen and oxygen atoms in total. The van der Waals surface area contributed by atoms with Gasteiger partial charge in [0.05, 0.1) is 10.6 Å². The molecule has 0 fully saturated rings. The van der Waals surface area contributed by atoms with Gasteiger partial charge in [0.1, 0.15) is 5.75 Å². The molecule has 176 valence electrons. The number of primary sulfonamides is 1. The first-order chi connectivity index (χ1) is 15.6. The number of benzene rings is 2. The van der Waals surface area contributed by atoms with Crippen molar-refractivity contribution in [1.82, 2.24) is 20.2 Å². The third kappa shape index (κ3) is 6.87. The van der Waals surface area contributed by atoms with Crippen molar-refractivity contribution in [2.24, 2.45) is 5.14 Å². The first-order valence-electron chi connectivity index (χ1n) is 9.40. The van der Waals surface area contributed by atoms with Gasteiger partial charge in [-0.3, -0.25) is 4.79 Å². The van der Waals surface area contributed by atoms with Crippen LogP contribution in [-0.4, -0.2) is 48.1 Å². The summed E-state index contributed by atoms with van der Waals surface area (Å²) in [7, 11) is -3.74. The molecule has 0 saturated carbocycles. The Hall–Kier alpha value is -3.23. The van der Waals surface area contributed by atoms with Crippen molar-refractivity contribution < 1.29 is 26.7 Å². The Morgan fingerprint density at radius 1 is 1.12 bits per heavy atom. The van der Waals surface area contributed by atoms with Gasteiger partial charge >= 0.3 is 6.61 Å². The van der Waals surface area contributed by atoms with Gasteiger partial charge in [0.15, 0.2) is 5.82 Å². The molecule has 0 aliphatic carbocycles.